The number of aliphatic hydroxyl groups excluding tert-OH is 2. The van der Waals surface area contributed by atoms with Crippen LogP contribution in [0.25, 0.3) is 0 Å². The highest BCUT2D eigenvalue weighted by atomic mass is 16.3. The van der Waals surface area contributed by atoms with Crippen molar-refractivity contribution in [1.82, 2.24) is 4.90 Å². The van der Waals surface area contributed by atoms with E-state index in [0.29, 0.717) is 6.04 Å². The molecule has 3 heteroatoms. The molecule has 20 heavy (non-hydrogen) atoms. The van der Waals surface area contributed by atoms with Crippen molar-refractivity contribution < 1.29 is 10.2 Å². The predicted molar refractivity (Wildman–Crippen MR) is 81.7 cm³/mol. The zero-order valence-electron chi connectivity index (χ0n) is 12.5. The lowest BCUT2D eigenvalue weighted by atomic mass is 9.97. The minimum absolute atomic E-state index is 0.265. The third-order valence-corrected chi connectivity index (χ3v) is 4.45. The second kappa shape index (κ2) is 7.77. The summed E-state index contributed by atoms with van der Waals surface area (Å²) in [6.07, 6.45) is 4.94. The van der Waals surface area contributed by atoms with E-state index < -0.39 is 0 Å². The Morgan fingerprint density at radius 3 is 2.85 bits per heavy atom. The first-order valence-corrected chi connectivity index (χ1v) is 7.81. The lowest BCUT2D eigenvalue weighted by molar-refractivity contribution is 0.0889. The third kappa shape index (κ3) is 4.05. The summed E-state index contributed by atoms with van der Waals surface area (Å²) in [4.78, 5) is 2.45. The van der Waals surface area contributed by atoms with Gasteiger partial charge in [-0.1, -0.05) is 30.7 Å². The lowest BCUT2D eigenvalue weighted by Crippen LogP contribution is -2.41. The van der Waals surface area contributed by atoms with Gasteiger partial charge in [-0.05, 0) is 50.3 Å². The lowest BCUT2D eigenvalue weighted by Gasteiger charge is -2.36. The summed E-state index contributed by atoms with van der Waals surface area (Å²) in [5.74, 6) is 0. The van der Waals surface area contributed by atoms with Crippen LogP contribution in [0.1, 0.15) is 49.3 Å². The first-order valence-electron chi connectivity index (χ1n) is 7.81. The fourth-order valence-corrected chi connectivity index (χ4v) is 3.23. The van der Waals surface area contributed by atoms with Crippen LogP contribution in [0.4, 0.5) is 0 Å². The van der Waals surface area contributed by atoms with Crippen LogP contribution in [-0.4, -0.2) is 40.9 Å². The number of hydrogen-bond acceptors (Lipinski definition) is 3. The van der Waals surface area contributed by atoms with Crippen LogP contribution in [-0.2, 0) is 0 Å². The SMILES string of the molecule is Cc1ccccc1C(O)CCN1CCCCC1CCO. The maximum Gasteiger partial charge on any atom is 0.0804 e. The molecule has 1 aromatic carbocycles. The molecule has 1 fully saturated rings. The molecular weight excluding hydrogens is 250 g/mol. The molecule has 2 N–H and O–H groups in total. The normalized spacial score (nSPS) is 21.9. The fourth-order valence-electron chi connectivity index (χ4n) is 3.23. The standard InChI is InChI=1S/C17H27NO2/c1-14-6-2-3-8-16(14)17(20)9-12-18-11-5-4-7-15(18)10-13-19/h2-3,6,8,15,17,19-20H,4-5,7,9-13H2,1H3. The number of likely N-dealkylation sites (tertiary alicyclic amines) is 1. The Morgan fingerprint density at radius 1 is 1.30 bits per heavy atom. The van der Waals surface area contributed by atoms with E-state index in [2.05, 4.69) is 4.90 Å². The highest BCUT2D eigenvalue weighted by molar-refractivity contribution is 5.27. The molecule has 1 aliphatic rings. The molecule has 2 atom stereocenters. The molecule has 0 aromatic heterocycles. The van der Waals surface area contributed by atoms with Crippen LogP contribution in [0, 0.1) is 6.92 Å². The van der Waals surface area contributed by atoms with Crippen LogP contribution >= 0.6 is 0 Å². The Bertz CT molecular complexity index is 406. The molecule has 3 nitrogen and oxygen atoms in total. The maximum atomic E-state index is 10.4. The zero-order valence-corrected chi connectivity index (χ0v) is 12.5. The van der Waals surface area contributed by atoms with Crippen molar-refractivity contribution in [1.29, 1.82) is 0 Å². The van der Waals surface area contributed by atoms with Crippen molar-refractivity contribution in [2.45, 2.75) is 51.2 Å². The highest BCUT2D eigenvalue weighted by Crippen LogP contribution is 2.24. The molecule has 2 unspecified atom stereocenters. The van der Waals surface area contributed by atoms with Gasteiger partial charge in [-0.3, -0.25) is 0 Å². The average Bonchev–Trinajstić information content (AvgIpc) is 2.47. The Labute approximate surface area is 122 Å². The third-order valence-electron chi connectivity index (χ3n) is 4.45. The molecule has 112 valence electrons. The van der Waals surface area contributed by atoms with E-state index in [1.807, 2.05) is 31.2 Å². The van der Waals surface area contributed by atoms with Crippen molar-refractivity contribution in [2.75, 3.05) is 19.7 Å². The van der Waals surface area contributed by atoms with Crippen LogP contribution in [0.5, 0.6) is 0 Å². The summed E-state index contributed by atoms with van der Waals surface area (Å²) >= 11 is 0. The molecule has 1 aliphatic heterocycles. The van der Waals surface area contributed by atoms with Crippen LogP contribution in [0.2, 0.25) is 0 Å². The molecule has 1 aromatic rings. The smallest absolute Gasteiger partial charge is 0.0804 e. The molecule has 0 amide bonds. The van der Waals surface area contributed by atoms with Gasteiger partial charge < -0.3 is 15.1 Å². The molecular formula is C17H27NO2. The van der Waals surface area contributed by atoms with Crippen molar-refractivity contribution >= 4 is 0 Å². The quantitative estimate of drug-likeness (QED) is 0.840. The first kappa shape index (κ1) is 15.5. The Morgan fingerprint density at radius 2 is 2.10 bits per heavy atom. The molecule has 0 spiro atoms. The number of aliphatic hydroxyl groups is 2. The van der Waals surface area contributed by atoms with Gasteiger partial charge in [-0.25, -0.2) is 0 Å². The highest BCUT2D eigenvalue weighted by Gasteiger charge is 2.22. The fraction of sp³-hybridized carbons (Fsp3) is 0.647. The summed E-state index contributed by atoms with van der Waals surface area (Å²) < 4.78 is 0. The van der Waals surface area contributed by atoms with Crippen LogP contribution < -0.4 is 0 Å². The Kier molecular flexibility index (Phi) is 6.02. The van der Waals surface area contributed by atoms with Crippen molar-refractivity contribution in [3.05, 3.63) is 35.4 Å². The van der Waals surface area contributed by atoms with E-state index in [4.69, 9.17) is 5.11 Å². The number of rotatable bonds is 6. The number of aryl methyl sites for hydroxylation is 1. The second-order valence-electron chi connectivity index (χ2n) is 5.86. The average molecular weight is 277 g/mol. The van der Waals surface area contributed by atoms with Gasteiger partial charge in [0, 0.05) is 19.2 Å². The number of piperidine rings is 1. The van der Waals surface area contributed by atoms with Crippen LogP contribution in [0.3, 0.4) is 0 Å². The van der Waals surface area contributed by atoms with E-state index in [1.54, 1.807) is 0 Å². The van der Waals surface area contributed by atoms with Gasteiger partial charge in [0.15, 0.2) is 0 Å². The molecule has 2 rings (SSSR count). The van der Waals surface area contributed by atoms with E-state index in [9.17, 15) is 5.11 Å². The topological polar surface area (TPSA) is 43.7 Å². The summed E-state index contributed by atoms with van der Waals surface area (Å²) in [6.45, 7) is 4.33. The monoisotopic (exact) mass is 277 g/mol. The zero-order chi connectivity index (χ0) is 14.4. The van der Waals surface area contributed by atoms with Gasteiger partial charge >= 0.3 is 0 Å². The predicted octanol–water partition coefficient (Wildman–Crippen LogP) is 2.66. The van der Waals surface area contributed by atoms with E-state index in [0.717, 1.165) is 37.1 Å². The van der Waals surface area contributed by atoms with Gasteiger partial charge in [0.1, 0.15) is 0 Å². The maximum absolute atomic E-state index is 10.4. The van der Waals surface area contributed by atoms with Gasteiger partial charge in [-0.15, -0.1) is 0 Å². The summed E-state index contributed by atoms with van der Waals surface area (Å²) in [6, 6.07) is 8.56. The van der Waals surface area contributed by atoms with Crippen molar-refractivity contribution in [2.24, 2.45) is 0 Å². The van der Waals surface area contributed by atoms with Gasteiger partial charge in [0.25, 0.3) is 0 Å². The van der Waals surface area contributed by atoms with Gasteiger partial charge in [0.05, 0.1) is 6.10 Å². The number of benzene rings is 1. The summed E-state index contributed by atoms with van der Waals surface area (Å²) in [7, 11) is 0. The van der Waals surface area contributed by atoms with E-state index in [1.165, 1.54) is 19.3 Å². The van der Waals surface area contributed by atoms with Gasteiger partial charge in [-0.2, -0.15) is 0 Å². The molecule has 0 aliphatic carbocycles. The summed E-state index contributed by atoms with van der Waals surface area (Å²) in [5, 5.41) is 19.5. The van der Waals surface area contributed by atoms with E-state index >= 15 is 0 Å². The molecule has 1 heterocycles. The molecule has 0 bridgehead atoms. The molecule has 1 saturated heterocycles. The van der Waals surface area contributed by atoms with Crippen LogP contribution in [0.15, 0.2) is 24.3 Å². The summed E-state index contributed by atoms with van der Waals surface area (Å²) in [5.41, 5.74) is 2.20. The van der Waals surface area contributed by atoms with Gasteiger partial charge in [0.2, 0.25) is 0 Å². The minimum atomic E-state index is -0.382. The second-order valence-corrected chi connectivity index (χ2v) is 5.86. The number of nitrogens with zero attached hydrogens (tertiary/aromatic N) is 1. The minimum Gasteiger partial charge on any atom is -0.396 e. The molecule has 0 radical (unpaired) electrons. The Hall–Kier alpha value is -0.900. The van der Waals surface area contributed by atoms with Crippen molar-refractivity contribution in [3.63, 3.8) is 0 Å². The Balaban J connectivity index is 1.88. The number of hydrogen-bond donors (Lipinski definition) is 2. The van der Waals surface area contributed by atoms with E-state index in [-0.39, 0.29) is 12.7 Å². The van der Waals surface area contributed by atoms with Crippen molar-refractivity contribution in [3.8, 4) is 0 Å². The largest absolute Gasteiger partial charge is 0.396 e. The first-order chi connectivity index (χ1) is 9.72. The molecule has 0 saturated carbocycles.